The summed E-state index contributed by atoms with van der Waals surface area (Å²) in [5.41, 5.74) is 0. The largest absolute Gasteiger partial charge is 0.316 e. The third kappa shape index (κ3) is 2.15. The first-order chi connectivity index (χ1) is 4.77. The quantitative estimate of drug-likeness (QED) is 0.516. The molecule has 3 heteroatoms. The van der Waals surface area contributed by atoms with E-state index in [-0.39, 0.29) is 4.75 Å². The van der Waals surface area contributed by atoms with Crippen molar-refractivity contribution in [3.63, 3.8) is 0 Å². The third-order valence-corrected chi connectivity index (χ3v) is 2.47. The highest BCUT2D eigenvalue weighted by atomic mass is 32.1. The van der Waals surface area contributed by atoms with Gasteiger partial charge in [0.2, 0.25) is 0 Å². The molecule has 1 heterocycles. The van der Waals surface area contributed by atoms with Gasteiger partial charge in [0.1, 0.15) is 0 Å². The molecule has 0 aromatic carbocycles. The molecule has 1 aliphatic heterocycles. The normalized spacial score (nSPS) is 33.0. The zero-order valence-electron chi connectivity index (χ0n) is 6.48. The molecular formula is C7H16N2S. The first-order valence-corrected chi connectivity index (χ1v) is 4.35. The average Bonchev–Trinajstić information content (AvgIpc) is 2.33. The molecule has 10 heavy (non-hydrogen) atoms. The van der Waals surface area contributed by atoms with Crippen molar-refractivity contribution < 1.29 is 0 Å². The molecule has 0 aliphatic carbocycles. The van der Waals surface area contributed by atoms with Crippen molar-refractivity contribution >= 4 is 12.6 Å². The van der Waals surface area contributed by atoms with Crippen molar-refractivity contribution in [3.05, 3.63) is 0 Å². The Hall–Kier alpha value is 0.270. The molecule has 1 fully saturated rings. The van der Waals surface area contributed by atoms with Gasteiger partial charge in [0.25, 0.3) is 0 Å². The Kier molecular flexibility index (Phi) is 3.01. The van der Waals surface area contributed by atoms with Gasteiger partial charge in [-0.2, -0.15) is 12.6 Å². The van der Waals surface area contributed by atoms with Gasteiger partial charge in [0.15, 0.2) is 0 Å². The van der Waals surface area contributed by atoms with Crippen LogP contribution in [0.25, 0.3) is 0 Å². The highest BCUT2D eigenvalue weighted by Gasteiger charge is 2.28. The van der Waals surface area contributed by atoms with Crippen LogP contribution in [0.4, 0.5) is 0 Å². The Bertz CT molecular complexity index is 99.8. The van der Waals surface area contributed by atoms with Gasteiger partial charge in [-0.3, -0.25) is 0 Å². The summed E-state index contributed by atoms with van der Waals surface area (Å²) < 4.78 is 0.218. The van der Waals surface area contributed by atoms with Crippen molar-refractivity contribution in [2.45, 2.75) is 18.1 Å². The van der Waals surface area contributed by atoms with E-state index in [1.54, 1.807) is 0 Å². The van der Waals surface area contributed by atoms with E-state index in [2.05, 4.69) is 30.2 Å². The number of nitrogens with one attached hydrogen (secondary N) is 2. The van der Waals surface area contributed by atoms with Crippen molar-refractivity contribution in [1.29, 1.82) is 0 Å². The fourth-order valence-electron chi connectivity index (χ4n) is 1.24. The molecule has 0 amide bonds. The number of rotatable bonds is 3. The summed E-state index contributed by atoms with van der Waals surface area (Å²) in [6.07, 6.45) is 1.18. The van der Waals surface area contributed by atoms with Gasteiger partial charge >= 0.3 is 0 Å². The molecule has 0 bridgehead atoms. The van der Waals surface area contributed by atoms with E-state index in [1.807, 2.05) is 0 Å². The summed E-state index contributed by atoms with van der Waals surface area (Å²) in [6, 6.07) is 0. The Morgan fingerprint density at radius 3 is 3.00 bits per heavy atom. The van der Waals surface area contributed by atoms with Crippen LogP contribution in [0.2, 0.25) is 0 Å². The maximum absolute atomic E-state index is 4.59. The van der Waals surface area contributed by atoms with E-state index in [4.69, 9.17) is 0 Å². The maximum atomic E-state index is 4.59. The van der Waals surface area contributed by atoms with Crippen molar-refractivity contribution in [3.8, 4) is 0 Å². The number of hydrogen-bond acceptors (Lipinski definition) is 3. The topological polar surface area (TPSA) is 24.1 Å². The van der Waals surface area contributed by atoms with E-state index >= 15 is 0 Å². The lowest BCUT2D eigenvalue weighted by Gasteiger charge is -2.21. The van der Waals surface area contributed by atoms with E-state index in [1.165, 1.54) is 6.42 Å². The summed E-state index contributed by atoms with van der Waals surface area (Å²) in [5.74, 6) is 0. The zero-order valence-corrected chi connectivity index (χ0v) is 7.38. The molecule has 1 unspecified atom stereocenters. The lowest BCUT2D eigenvalue weighted by molar-refractivity contribution is 0.571. The molecule has 1 rings (SSSR count). The van der Waals surface area contributed by atoms with E-state index in [0.717, 1.165) is 26.2 Å². The van der Waals surface area contributed by atoms with Gasteiger partial charge in [0, 0.05) is 17.8 Å². The van der Waals surface area contributed by atoms with Crippen LogP contribution in [0.3, 0.4) is 0 Å². The van der Waals surface area contributed by atoms with Crippen molar-refractivity contribution in [2.24, 2.45) is 0 Å². The average molecular weight is 160 g/mol. The lowest BCUT2D eigenvalue weighted by Crippen LogP contribution is -2.37. The van der Waals surface area contributed by atoms with Gasteiger partial charge in [-0.1, -0.05) is 6.92 Å². The Balaban J connectivity index is 2.22. The van der Waals surface area contributed by atoms with E-state index < -0.39 is 0 Å². The monoisotopic (exact) mass is 160 g/mol. The predicted molar refractivity (Wildman–Crippen MR) is 47.7 cm³/mol. The SMILES string of the molecule is CCNCC1(S)CCNC1. The van der Waals surface area contributed by atoms with Gasteiger partial charge < -0.3 is 10.6 Å². The van der Waals surface area contributed by atoms with Crippen LogP contribution in [-0.4, -0.2) is 30.9 Å². The lowest BCUT2D eigenvalue weighted by atomic mass is 10.1. The summed E-state index contributed by atoms with van der Waals surface area (Å²) in [4.78, 5) is 0. The van der Waals surface area contributed by atoms with Crippen molar-refractivity contribution in [1.82, 2.24) is 10.6 Å². The van der Waals surface area contributed by atoms with Crippen LogP contribution in [0.1, 0.15) is 13.3 Å². The van der Waals surface area contributed by atoms with Crippen LogP contribution >= 0.6 is 12.6 Å². The predicted octanol–water partition coefficient (Wildman–Crippen LogP) is 0.258. The Morgan fingerprint density at radius 1 is 1.70 bits per heavy atom. The van der Waals surface area contributed by atoms with Gasteiger partial charge in [-0.05, 0) is 19.5 Å². The first kappa shape index (κ1) is 8.37. The highest BCUT2D eigenvalue weighted by Crippen LogP contribution is 2.20. The highest BCUT2D eigenvalue weighted by molar-refractivity contribution is 7.81. The molecule has 0 aromatic heterocycles. The third-order valence-electron chi connectivity index (χ3n) is 1.93. The second-order valence-corrected chi connectivity index (χ2v) is 3.88. The summed E-state index contributed by atoms with van der Waals surface area (Å²) in [5, 5.41) is 6.62. The fourth-order valence-corrected chi connectivity index (χ4v) is 1.57. The molecule has 1 aliphatic rings. The molecule has 0 saturated carbocycles. The molecule has 0 radical (unpaired) electrons. The van der Waals surface area contributed by atoms with Crippen LogP contribution in [-0.2, 0) is 0 Å². The maximum Gasteiger partial charge on any atom is 0.0390 e. The minimum absolute atomic E-state index is 0.218. The summed E-state index contributed by atoms with van der Waals surface area (Å²) >= 11 is 4.59. The second-order valence-electron chi connectivity index (χ2n) is 2.93. The first-order valence-electron chi connectivity index (χ1n) is 3.91. The molecule has 0 aromatic rings. The van der Waals surface area contributed by atoms with E-state index in [9.17, 15) is 0 Å². The summed E-state index contributed by atoms with van der Waals surface area (Å²) in [6.45, 7) is 6.36. The molecule has 1 atom stereocenters. The molecule has 2 N–H and O–H groups in total. The van der Waals surface area contributed by atoms with Gasteiger partial charge in [-0.15, -0.1) is 0 Å². The minimum Gasteiger partial charge on any atom is -0.316 e. The molecular weight excluding hydrogens is 144 g/mol. The molecule has 60 valence electrons. The molecule has 0 spiro atoms. The minimum atomic E-state index is 0.218. The Labute approximate surface area is 68.2 Å². The van der Waals surface area contributed by atoms with Crippen LogP contribution in [0, 0.1) is 0 Å². The summed E-state index contributed by atoms with van der Waals surface area (Å²) in [7, 11) is 0. The van der Waals surface area contributed by atoms with Crippen LogP contribution in [0.15, 0.2) is 0 Å². The van der Waals surface area contributed by atoms with E-state index in [0.29, 0.717) is 0 Å². The van der Waals surface area contributed by atoms with Crippen LogP contribution < -0.4 is 10.6 Å². The standard InChI is InChI=1S/C7H16N2S/c1-2-8-5-7(10)3-4-9-6-7/h8-10H,2-6H2,1H3. The van der Waals surface area contributed by atoms with Crippen molar-refractivity contribution in [2.75, 3.05) is 26.2 Å². The fraction of sp³-hybridized carbons (Fsp3) is 1.00. The second kappa shape index (κ2) is 3.60. The molecule has 1 saturated heterocycles. The van der Waals surface area contributed by atoms with Crippen LogP contribution in [0.5, 0.6) is 0 Å². The Morgan fingerprint density at radius 2 is 2.50 bits per heavy atom. The number of thiol groups is 1. The zero-order chi connectivity index (χ0) is 7.45. The molecule has 2 nitrogen and oxygen atoms in total. The van der Waals surface area contributed by atoms with Gasteiger partial charge in [-0.25, -0.2) is 0 Å². The van der Waals surface area contributed by atoms with Gasteiger partial charge in [0.05, 0.1) is 0 Å². The smallest absolute Gasteiger partial charge is 0.0390 e. The number of hydrogen-bond donors (Lipinski definition) is 3.